The van der Waals surface area contributed by atoms with Gasteiger partial charge in [0.05, 0.1) is 12.4 Å². The summed E-state index contributed by atoms with van der Waals surface area (Å²) in [5.74, 6) is 0. The van der Waals surface area contributed by atoms with Crippen LogP contribution >= 0.6 is 11.6 Å². The zero-order chi connectivity index (χ0) is 18.4. The van der Waals surface area contributed by atoms with Gasteiger partial charge in [-0.15, -0.1) is 5.10 Å². The summed E-state index contributed by atoms with van der Waals surface area (Å²) in [4.78, 5) is 15.9. The molecule has 2 heterocycles. The number of nitrogens with zero attached hydrogens (tertiary/aromatic N) is 3. The lowest BCUT2D eigenvalue weighted by Gasteiger charge is -2.22. The third-order valence-corrected chi connectivity index (χ3v) is 4.56. The molecule has 0 bridgehead atoms. The summed E-state index contributed by atoms with van der Waals surface area (Å²) in [5.41, 5.74) is 4.86. The molecule has 0 saturated carbocycles. The van der Waals surface area contributed by atoms with Crippen molar-refractivity contribution >= 4 is 11.6 Å². The van der Waals surface area contributed by atoms with E-state index in [-0.39, 0.29) is 10.8 Å². The SMILES string of the molecule is Cc1cc(C(C)(C)C)c(Cl)cc1-c1cc(=O)c(-n2ccnn2)c(C)[nH]1. The van der Waals surface area contributed by atoms with Gasteiger partial charge in [0.15, 0.2) is 0 Å². The van der Waals surface area contributed by atoms with Crippen LogP contribution in [0.4, 0.5) is 0 Å². The fourth-order valence-electron chi connectivity index (χ4n) is 2.99. The normalized spacial score (nSPS) is 11.8. The molecule has 0 amide bonds. The molecular weight excluding hydrogens is 336 g/mol. The Morgan fingerprint density at radius 2 is 1.88 bits per heavy atom. The molecule has 0 unspecified atom stereocenters. The van der Waals surface area contributed by atoms with Gasteiger partial charge in [-0.05, 0) is 36.5 Å². The van der Waals surface area contributed by atoms with E-state index in [4.69, 9.17) is 11.6 Å². The average Bonchev–Trinajstić information content (AvgIpc) is 3.01. The number of rotatable bonds is 2. The molecule has 130 valence electrons. The molecule has 3 rings (SSSR count). The Hall–Kier alpha value is -2.40. The molecule has 6 heteroatoms. The van der Waals surface area contributed by atoms with Crippen molar-refractivity contribution < 1.29 is 0 Å². The van der Waals surface area contributed by atoms with Crippen LogP contribution in [-0.4, -0.2) is 20.0 Å². The molecule has 0 aliphatic heterocycles. The van der Waals surface area contributed by atoms with Gasteiger partial charge in [0.1, 0.15) is 5.69 Å². The van der Waals surface area contributed by atoms with E-state index < -0.39 is 0 Å². The minimum Gasteiger partial charge on any atom is -0.357 e. The fraction of sp³-hybridized carbons (Fsp3) is 0.316. The number of aromatic amines is 1. The topological polar surface area (TPSA) is 63.6 Å². The lowest BCUT2D eigenvalue weighted by atomic mass is 9.85. The molecule has 1 aromatic carbocycles. The summed E-state index contributed by atoms with van der Waals surface area (Å²) in [7, 11) is 0. The fourth-order valence-corrected chi connectivity index (χ4v) is 3.43. The van der Waals surface area contributed by atoms with Crippen LogP contribution in [-0.2, 0) is 5.41 Å². The van der Waals surface area contributed by atoms with Crippen molar-refractivity contribution in [3.8, 4) is 16.9 Å². The summed E-state index contributed by atoms with van der Waals surface area (Å²) in [5, 5.41) is 8.37. The molecule has 0 aliphatic carbocycles. The lowest BCUT2D eigenvalue weighted by Crippen LogP contribution is -2.16. The van der Waals surface area contributed by atoms with E-state index in [0.29, 0.717) is 10.7 Å². The van der Waals surface area contributed by atoms with E-state index in [1.807, 2.05) is 19.9 Å². The van der Waals surface area contributed by atoms with E-state index in [0.717, 1.165) is 28.1 Å². The highest BCUT2D eigenvalue weighted by molar-refractivity contribution is 6.31. The standard InChI is InChI=1S/C19H21ClN4O/c1-11-8-14(19(3,4)5)15(20)9-13(11)16-10-17(25)18(12(2)22-16)24-7-6-21-23-24/h6-10H,1-5H3,(H,22,25). The number of halogens is 1. The van der Waals surface area contributed by atoms with Crippen LogP contribution < -0.4 is 5.43 Å². The molecule has 5 nitrogen and oxygen atoms in total. The third kappa shape index (κ3) is 3.24. The highest BCUT2D eigenvalue weighted by Gasteiger charge is 2.20. The maximum atomic E-state index is 12.6. The monoisotopic (exact) mass is 356 g/mol. The van der Waals surface area contributed by atoms with Gasteiger partial charge in [-0.25, -0.2) is 4.68 Å². The Balaban J connectivity index is 2.15. The molecule has 0 fully saturated rings. The lowest BCUT2D eigenvalue weighted by molar-refractivity contribution is 0.590. The van der Waals surface area contributed by atoms with Gasteiger partial charge in [-0.1, -0.05) is 43.7 Å². The van der Waals surface area contributed by atoms with Gasteiger partial charge < -0.3 is 4.98 Å². The average molecular weight is 357 g/mol. The van der Waals surface area contributed by atoms with Crippen LogP contribution in [0, 0.1) is 13.8 Å². The molecule has 0 spiro atoms. The Labute approximate surface area is 151 Å². The highest BCUT2D eigenvalue weighted by Crippen LogP contribution is 2.34. The molecule has 25 heavy (non-hydrogen) atoms. The maximum Gasteiger partial charge on any atom is 0.208 e. The molecule has 0 atom stereocenters. The zero-order valence-corrected chi connectivity index (χ0v) is 15.8. The second-order valence-corrected chi connectivity index (χ2v) is 7.67. The smallest absolute Gasteiger partial charge is 0.208 e. The van der Waals surface area contributed by atoms with Gasteiger partial charge in [0, 0.05) is 28.0 Å². The summed E-state index contributed by atoms with van der Waals surface area (Å²) >= 11 is 6.51. The van der Waals surface area contributed by atoms with Crippen molar-refractivity contribution in [1.29, 1.82) is 0 Å². The van der Waals surface area contributed by atoms with Crippen LogP contribution in [0.15, 0.2) is 35.4 Å². The Bertz CT molecular complexity index is 982. The minimum absolute atomic E-state index is 0.0410. The number of benzene rings is 1. The van der Waals surface area contributed by atoms with Gasteiger partial charge >= 0.3 is 0 Å². The number of hydrogen-bond donors (Lipinski definition) is 1. The van der Waals surface area contributed by atoms with Crippen LogP contribution in [0.25, 0.3) is 16.9 Å². The van der Waals surface area contributed by atoms with Crippen LogP contribution in [0.1, 0.15) is 37.6 Å². The third-order valence-electron chi connectivity index (χ3n) is 4.25. The number of pyridine rings is 1. The predicted octanol–water partition coefficient (Wildman–Crippen LogP) is 4.19. The van der Waals surface area contributed by atoms with Crippen molar-refractivity contribution in [2.24, 2.45) is 0 Å². The molecular formula is C19H21ClN4O. The first-order valence-corrected chi connectivity index (χ1v) is 8.48. The van der Waals surface area contributed by atoms with E-state index >= 15 is 0 Å². The molecule has 0 radical (unpaired) electrons. The molecule has 1 N–H and O–H groups in total. The Morgan fingerprint density at radius 3 is 2.44 bits per heavy atom. The molecule has 0 aliphatic rings. The Kier molecular flexibility index (Phi) is 4.29. The number of H-pyrrole nitrogens is 1. The van der Waals surface area contributed by atoms with Gasteiger partial charge in [0.25, 0.3) is 0 Å². The first-order chi connectivity index (χ1) is 11.7. The second-order valence-electron chi connectivity index (χ2n) is 7.27. The first kappa shape index (κ1) is 17.4. The number of hydrogen-bond acceptors (Lipinski definition) is 3. The second kappa shape index (κ2) is 6.15. The van der Waals surface area contributed by atoms with Crippen molar-refractivity contribution in [2.75, 3.05) is 0 Å². The van der Waals surface area contributed by atoms with E-state index in [9.17, 15) is 4.79 Å². The highest BCUT2D eigenvalue weighted by atomic mass is 35.5. The van der Waals surface area contributed by atoms with Gasteiger partial charge in [-0.3, -0.25) is 4.79 Å². The number of aryl methyl sites for hydroxylation is 2. The van der Waals surface area contributed by atoms with E-state index in [1.54, 1.807) is 18.5 Å². The molecule has 0 saturated heterocycles. The van der Waals surface area contributed by atoms with Crippen molar-refractivity contribution in [1.82, 2.24) is 20.0 Å². The van der Waals surface area contributed by atoms with E-state index in [1.165, 1.54) is 4.68 Å². The summed E-state index contributed by atoms with van der Waals surface area (Å²) < 4.78 is 1.47. The zero-order valence-electron chi connectivity index (χ0n) is 15.0. The summed E-state index contributed by atoms with van der Waals surface area (Å²) in [6.45, 7) is 10.3. The Morgan fingerprint density at radius 1 is 1.16 bits per heavy atom. The van der Waals surface area contributed by atoms with E-state index in [2.05, 4.69) is 42.1 Å². The quantitative estimate of drug-likeness (QED) is 0.748. The number of aromatic nitrogens is 4. The van der Waals surface area contributed by atoms with Gasteiger partial charge in [-0.2, -0.15) is 0 Å². The molecule has 2 aromatic heterocycles. The summed E-state index contributed by atoms with van der Waals surface area (Å²) in [6.07, 6.45) is 3.19. The van der Waals surface area contributed by atoms with Crippen molar-refractivity contribution in [3.05, 3.63) is 62.7 Å². The molecule has 3 aromatic rings. The largest absolute Gasteiger partial charge is 0.357 e. The van der Waals surface area contributed by atoms with Crippen LogP contribution in [0.3, 0.4) is 0 Å². The summed E-state index contributed by atoms with van der Waals surface area (Å²) in [6, 6.07) is 5.60. The van der Waals surface area contributed by atoms with Crippen molar-refractivity contribution in [2.45, 2.75) is 40.0 Å². The van der Waals surface area contributed by atoms with Crippen LogP contribution in [0.2, 0.25) is 5.02 Å². The first-order valence-electron chi connectivity index (χ1n) is 8.10. The maximum absolute atomic E-state index is 12.6. The van der Waals surface area contributed by atoms with Gasteiger partial charge in [0.2, 0.25) is 5.43 Å². The van der Waals surface area contributed by atoms with Crippen molar-refractivity contribution in [3.63, 3.8) is 0 Å². The number of nitrogens with one attached hydrogen (secondary N) is 1. The van der Waals surface area contributed by atoms with Crippen LogP contribution in [0.5, 0.6) is 0 Å². The minimum atomic E-state index is -0.118. The predicted molar refractivity (Wildman–Crippen MR) is 101 cm³/mol.